The standard InChI is InChI=1S/C15H20N4O3/c1-18-6-8-19(9-7-18)5-4-16-15(20)12-11-14(22-17-12)13-3-2-10-21-13/h2-3,10-11H,4-9H2,1H3,(H,16,20). The summed E-state index contributed by atoms with van der Waals surface area (Å²) in [5.74, 6) is 0.786. The van der Waals surface area contributed by atoms with Gasteiger partial charge >= 0.3 is 0 Å². The van der Waals surface area contributed by atoms with E-state index in [1.165, 1.54) is 0 Å². The molecule has 22 heavy (non-hydrogen) atoms. The molecule has 1 amide bonds. The van der Waals surface area contributed by atoms with Crippen molar-refractivity contribution in [2.24, 2.45) is 0 Å². The summed E-state index contributed by atoms with van der Waals surface area (Å²) in [5, 5.41) is 6.65. The predicted molar refractivity (Wildman–Crippen MR) is 80.5 cm³/mol. The van der Waals surface area contributed by atoms with E-state index >= 15 is 0 Å². The van der Waals surface area contributed by atoms with Crippen LogP contribution in [0.15, 0.2) is 33.4 Å². The molecule has 1 saturated heterocycles. The Morgan fingerprint density at radius 1 is 1.32 bits per heavy atom. The van der Waals surface area contributed by atoms with Gasteiger partial charge in [0.05, 0.1) is 6.26 Å². The zero-order valence-electron chi connectivity index (χ0n) is 12.6. The molecule has 0 aromatic carbocycles. The third-order valence-corrected chi connectivity index (χ3v) is 3.82. The van der Waals surface area contributed by atoms with E-state index in [1.807, 2.05) is 0 Å². The molecule has 3 heterocycles. The summed E-state index contributed by atoms with van der Waals surface area (Å²) in [6, 6.07) is 5.10. The Labute approximate surface area is 128 Å². The third-order valence-electron chi connectivity index (χ3n) is 3.82. The van der Waals surface area contributed by atoms with Gasteiger partial charge in [0.15, 0.2) is 11.5 Å². The molecule has 0 unspecified atom stereocenters. The molecular formula is C15H20N4O3. The number of nitrogens with zero attached hydrogens (tertiary/aromatic N) is 3. The summed E-state index contributed by atoms with van der Waals surface area (Å²) in [6.45, 7) is 5.68. The SMILES string of the molecule is CN1CCN(CCNC(=O)c2cc(-c3ccco3)on2)CC1. The van der Waals surface area contributed by atoms with Crippen molar-refractivity contribution in [1.29, 1.82) is 0 Å². The number of piperazine rings is 1. The molecule has 1 N–H and O–H groups in total. The molecule has 2 aromatic heterocycles. The van der Waals surface area contributed by atoms with Gasteiger partial charge in [-0.05, 0) is 19.2 Å². The maximum Gasteiger partial charge on any atom is 0.273 e. The first-order valence-corrected chi connectivity index (χ1v) is 7.42. The Bertz CT molecular complexity index is 600. The number of carbonyl (C=O) groups excluding carboxylic acids is 1. The van der Waals surface area contributed by atoms with Crippen LogP contribution in [0, 0.1) is 0 Å². The Kier molecular flexibility index (Phi) is 4.55. The Balaban J connectivity index is 1.46. The molecule has 0 radical (unpaired) electrons. The van der Waals surface area contributed by atoms with Gasteiger partial charge in [-0.25, -0.2) is 0 Å². The maximum atomic E-state index is 12.0. The Hall–Kier alpha value is -2.12. The first kappa shape index (κ1) is 14.8. The van der Waals surface area contributed by atoms with E-state index in [9.17, 15) is 4.79 Å². The summed E-state index contributed by atoms with van der Waals surface area (Å²) in [7, 11) is 2.13. The van der Waals surface area contributed by atoms with Crippen LogP contribution in [0.1, 0.15) is 10.5 Å². The van der Waals surface area contributed by atoms with E-state index in [0.29, 0.717) is 18.1 Å². The summed E-state index contributed by atoms with van der Waals surface area (Å²) >= 11 is 0. The van der Waals surface area contributed by atoms with Crippen LogP contribution in [-0.2, 0) is 0 Å². The molecule has 1 fully saturated rings. The van der Waals surface area contributed by atoms with Crippen LogP contribution >= 0.6 is 0 Å². The van der Waals surface area contributed by atoms with Gasteiger partial charge in [0, 0.05) is 45.3 Å². The van der Waals surface area contributed by atoms with Crippen LogP contribution in [0.4, 0.5) is 0 Å². The lowest BCUT2D eigenvalue weighted by Crippen LogP contribution is -2.46. The first-order valence-electron chi connectivity index (χ1n) is 7.42. The van der Waals surface area contributed by atoms with Crippen molar-refractivity contribution in [2.75, 3.05) is 46.3 Å². The van der Waals surface area contributed by atoms with Gasteiger partial charge in [-0.2, -0.15) is 0 Å². The highest BCUT2D eigenvalue weighted by Crippen LogP contribution is 2.20. The monoisotopic (exact) mass is 304 g/mol. The molecule has 1 aliphatic rings. The minimum Gasteiger partial charge on any atom is -0.461 e. The minimum absolute atomic E-state index is 0.226. The van der Waals surface area contributed by atoms with Crippen molar-refractivity contribution in [2.45, 2.75) is 0 Å². The second-order valence-electron chi connectivity index (χ2n) is 5.45. The number of nitrogens with one attached hydrogen (secondary N) is 1. The largest absolute Gasteiger partial charge is 0.461 e. The van der Waals surface area contributed by atoms with Gasteiger partial charge in [-0.1, -0.05) is 5.16 Å². The number of hydrogen-bond acceptors (Lipinski definition) is 6. The van der Waals surface area contributed by atoms with Crippen molar-refractivity contribution < 1.29 is 13.7 Å². The van der Waals surface area contributed by atoms with Crippen LogP contribution in [0.2, 0.25) is 0 Å². The highest BCUT2D eigenvalue weighted by molar-refractivity contribution is 5.92. The second-order valence-corrected chi connectivity index (χ2v) is 5.45. The average molecular weight is 304 g/mol. The fourth-order valence-electron chi connectivity index (χ4n) is 2.41. The predicted octanol–water partition coefficient (Wildman–Crippen LogP) is 0.912. The van der Waals surface area contributed by atoms with Crippen LogP contribution in [0.5, 0.6) is 0 Å². The number of rotatable bonds is 5. The topological polar surface area (TPSA) is 74.8 Å². The summed E-state index contributed by atoms with van der Waals surface area (Å²) in [5.41, 5.74) is 0.268. The molecule has 0 spiro atoms. The zero-order chi connectivity index (χ0) is 15.4. The average Bonchev–Trinajstić information content (AvgIpc) is 3.20. The molecule has 118 valence electrons. The van der Waals surface area contributed by atoms with Gasteiger partial charge in [-0.15, -0.1) is 0 Å². The normalized spacial score (nSPS) is 16.8. The van der Waals surface area contributed by atoms with Crippen LogP contribution in [0.25, 0.3) is 11.5 Å². The van der Waals surface area contributed by atoms with Gasteiger partial charge < -0.3 is 19.2 Å². The minimum atomic E-state index is -0.226. The quantitative estimate of drug-likeness (QED) is 0.885. The highest BCUT2D eigenvalue weighted by Gasteiger charge is 2.16. The van der Waals surface area contributed by atoms with Gasteiger partial charge in [0.2, 0.25) is 5.76 Å². The highest BCUT2D eigenvalue weighted by atomic mass is 16.5. The lowest BCUT2D eigenvalue weighted by atomic mass is 10.3. The Morgan fingerprint density at radius 2 is 2.14 bits per heavy atom. The molecule has 7 heteroatoms. The molecule has 0 atom stereocenters. The van der Waals surface area contributed by atoms with Crippen LogP contribution in [-0.4, -0.2) is 67.2 Å². The third kappa shape index (κ3) is 3.55. The number of hydrogen-bond donors (Lipinski definition) is 1. The fraction of sp³-hybridized carbons (Fsp3) is 0.467. The summed E-state index contributed by atoms with van der Waals surface area (Å²) < 4.78 is 10.3. The lowest BCUT2D eigenvalue weighted by Gasteiger charge is -2.32. The van der Waals surface area contributed by atoms with Gasteiger partial charge in [0.25, 0.3) is 5.91 Å². The van der Waals surface area contributed by atoms with Gasteiger partial charge in [0.1, 0.15) is 0 Å². The van der Waals surface area contributed by atoms with Crippen molar-refractivity contribution >= 4 is 5.91 Å². The molecule has 7 nitrogen and oxygen atoms in total. The van der Waals surface area contributed by atoms with Crippen molar-refractivity contribution in [3.05, 3.63) is 30.2 Å². The van der Waals surface area contributed by atoms with Crippen molar-refractivity contribution in [3.8, 4) is 11.5 Å². The van der Waals surface area contributed by atoms with Gasteiger partial charge in [-0.3, -0.25) is 9.69 Å². The molecule has 3 rings (SSSR count). The number of likely N-dealkylation sites (N-methyl/N-ethyl adjacent to an activating group) is 1. The van der Waals surface area contributed by atoms with E-state index < -0.39 is 0 Å². The smallest absolute Gasteiger partial charge is 0.273 e. The van der Waals surface area contributed by atoms with E-state index in [-0.39, 0.29) is 11.6 Å². The fourth-order valence-corrected chi connectivity index (χ4v) is 2.41. The number of furan rings is 1. The van der Waals surface area contributed by atoms with Crippen LogP contribution in [0.3, 0.4) is 0 Å². The van der Waals surface area contributed by atoms with Crippen molar-refractivity contribution in [3.63, 3.8) is 0 Å². The molecule has 0 saturated carbocycles. The number of carbonyl (C=O) groups is 1. The van der Waals surface area contributed by atoms with Crippen LogP contribution < -0.4 is 5.32 Å². The second kappa shape index (κ2) is 6.76. The zero-order valence-corrected chi connectivity index (χ0v) is 12.6. The van der Waals surface area contributed by atoms with E-state index in [0.717, 1.165) is 32.7 Å². The number of aromatic nitrogens is 1. The maximum absolute atomic E-state index is 12.0. The lowest BCUT2D eigenvalue weighted by molar-refractivity contribution is 0.0932. The Morgan fingerprint density at radius 3 is 2.86 bits per heavy atom. The molecular weight excluding hydrogens is 284 g/mol. The van der Waals surface area contributed by atoms with E-state index in [1.54, 1.807) is 24.5 Å². The van der Waals surface area contributed by atoms with Crippen molar-refractivity contribution in [1.82, 2.24) is 20.3 Å². The molecule has 0 bridgehead atoms. The summed E-state index contributed by atoms with van der Waals surface area (Å²) in [4.78, 5) is 16.7. The molecule has 1 aliphatic heterocycles. The molecule has 2 aromatic rings. The molecule has 0 aliphatic carbocycles. The first-order chi connectivity index (χ1) is 10.7. The summed E-state index contributed by atoms with van der Waals surface area (Å²) in [6.07, 6.45) is 1.55. The van der Waals surface area contributed by atoms with E-state index in [4.69, 9.17) is 8.94 Å². The number of amides is 1. The van der Waals surface area contributed by atoms with E-state index in [2.05, 4.69) is 27.3 Å².